The fraction of sp³-hybridized carbons (Fsp3) is 0.208. The fourth-order valence-corrected chi connectivity index (χ4v) is 7.35. The Morgan fingerprint density at radius 1 is 0.892 bits per heavy atom. The van der Waals surface area contributed by atoms with Crippen molar-refractivity contribution in [3.05, 3.63) is 72.9 Å². The van der Waals surface area contributed by atoms with Crippen LogP contribution in [0, 0.1) is 14.3 Å². The van der Waals surface area contributed by atoms with E-state index >= 15 is 0 Å². The van der Waals surface area contributed by atoms with Gasteiger partial charge in [0.1, 0.15) is 11.5 Å². The summed E-state index contributed by atoms with van der Waals surface area (Å²) in [5.74, 6) is 0.616. The van der Waals surface area contributed by atoms with E-state index in [2.05, 4.69) is 45.2 Å². The summed E-state index contributed by atoms with van der Waals surface area (Å²) in [5, 5.41) is 44.0. The molecule has 3 aromatic carbocycles. The number of ether oxygens (including phenoxy) is 2. The normalized spacial score (nSPS) is 14.2. The zero-order chi connectivity index (χ0) is 26.9. The number of halogens is 4. The number of benzene rings is 3. The Balaban J connectivity index is 0.000000542. The molecule has 8 nitrogen and oxygen atoms in total. The molecule has 0 aromatic heterocycles. The molecular weight excluding hydrogens is 947 g/mol. The molecule has 2 aliphatic heterocycles. The third kappa shape index (κ3) is 6.02. The zero-order valence-corrected chi connectivity index (χ0v) is 27.4. The molecule has 5 rings (SSSR count). The van der Waals surface area contributed by atoms with Gasteiger partial charge in [-0.25, -0.2) is 4.79 Å². The third-order valence-corrected chi connectivity index (χ3v) is 8.94. The molecule has 0 saturated carbocycles. The average Bonchev–Trinajstić information content (AvgIpc) is 3.17. The number of rotatable bonds is 1. The number of carbonyl (C=O) groups excluding carboxylic acids is 1. The molecule has 37 heavy (non-hydrogen) atoms. The van der Waals surface area contributed by atoms with Crippen LogP contribution < -0.4 is 4.74 Å². The number of aromatic hydroxyl groups is 2. The molecule has 2 heterocycles. The average molecular weight is 968 g/mol. The summed E-state index contributed by atoms with van der Waals surface area (Å²) in [6, 6.07) is 10.9. The Morgan fingerprint density at radius 2 is 1.32 bits per heavy atom. The molecule has 5 N–H and O–H groups in total. The maximum atomic E-state index is 12.9. The summed E-state index contributed by atoms with van der Waals surface area (Å²) in [5.41, 5.74) is 1.27. The first-order valence-corrected chi connectivity index (χ1v) is 14.5. The molecule has 2 aliphatic rings. The number of phenols is 2. The molecule has 0 amide bonds. The Kier molecular flexibility index (Phi) is 12.5. The van der Waals surface area contributed by atoms with Gasteiger partial charge < -0.3 is 35.0 Å². The summed E-state index contributed by atoms with van der Waals surface area (Å²) in [7, 11) is 1.00. The van der Waals surface area contributed by atoms with Crippen LogP contribution in [0.25, 0.3) is 0 Å². The van der Waals surface area contributed by atoms with E-state index in [0.717, 1.165) is 7.11 Å². The van der Waals surface area contributed by atoms with Crippen LogP contribution in [-0.2, 0) is 10.3 Å². The minimum absolute atomic E-state index is 0. The van der Waals surface area contributed by atoms with Gasteiger partial charge in [0.2, 0.25) is 0 Å². The van der Waals surface area contributed by atoms with Gasteiger partial charge in [0.15, 0.2) is 17.1 Å². The molecule has 13 heteroatoms. The Bertz CT molecular complexity index is 1270. The number of fused-ring (bicyclic) bond motifs is 6. The second-order valence-corrected chi connectivity index (χ2v) is 12.0. The summed E-state index contributed by atoms with van der Waals surface area (Å²) >= 11 is 8.17. The summed E-state index contributed by atoms with van der Waals surface area (Å²) in [6.45, 7) is 1.39. The monoisotopic (exact) mass is 968 g/mol. The third-order valence-electron chi connectivity index (χ3n) is 5.30. The molecule has 3 aromatic rings. The van der Waals surface area contributed by atoms with Gasteiger partial charge in [-0.15, -0.1) is 0 Å². The van der Waals surface area contributed by atoms with E-state index in [1.165, 1.54) is 6.92 Å². The predicted octanol–water partition coefficient (Wildman–Crippen LogP) is 4.40. The maximum absolute atomic E-state index is 12.9. The van der Waals surface area contributed by atoms with Crippen LogP contribution in [0.5, 0.6) is 23.0 Å². The van der Waals surface area contributed by atoms with Crippen molar-refractivity contribution in [2.24, 2.45) is 0 Å². The van der Waals surface area contributed by atoms with Gasteiger partial charge >= 0.3 is 35.5 Å². The topological polar surface area (TPSA) is 137 Å². The molecule has 0 bridgehead atoms. The van der Waals surface area contributed by atoms with E-state index in [4.69, 9.17) is 24.8 Å². The minimum atomic E-state index is -1.22. The van der Waals surface area contributed by atoms with Crippen molar-refractivity contribution in [3.8, 4) is 23.0 Å². The predicted molar refractivity (Wildman–Crippen MR) is 173 cm³/mol. The Morgan fingerprint density at radius 3 is 1.76 bits per heavy atom. The second-order valence-electron chi connectivity index (χ2n) is 7.55. The zero-order valence-electron chi connectivity index (χ0n) is 18.7. The molecule has 1 spiro atoms. The summed E-state index contributed by atoms with van der Waals surface area (Å²) in [6.07, 6.45) is -0.560. The van der Waals surface area contributed by atoms with Gasteiger partial charge in [-0.05, 0) is 115 Å². The van der Waals surface area contributed by atoms with Crippen molar-refractivity contribution < 1.29 is 39.8 Å². The van der Waals surface area contributed by atoms with E-state index in [-0.39, 0.29) is 47.7 Å². The van der Waals surface area contributed by atoms with Crippen LogP contribution in [-0.4, -0.2) is 80.9 Å². The first-order valence-electron chi connectivity index (χ1n) is 10.2. The first-order chi connectivity index (χ1) is 17.0. The number of carbonyl (C=O) groups is 1. The van der Waals surface area contributed by atoms with E-state index in [9.17, 15) is 15.0 Å². The second kappa shape index (κ2) is 13.8. The molecule has 0 saturated heterocycles. The van der Waals surface area contributed by atoms with Gasteiger partial charge in [0, 0.05) is 12.7 Å². The van der Waals surface area contributed by atoms with Crippen molar-refractivity contribution >= 4 is 126 Å². The van der Waals surface area contributed by atoms with E-state index in [1.54, 1.807) is 24.3 Å². The van der Waals surface area contributed by atoms with Crippen molar-refractivity contribution in [2.45, 2.75) is 18.6 Å². The number of phenolic OH excluding ortho intramolecular Hbond substituents is 2. The Labute approximate surface area is 290 Å². The van der Waals surface area contributed by atoms with E-state index < -0.39 is 17.7 Å². The molecule has 1 unspecified atom stereocenters. The number of aliphatic hydroxyl groups excluding tert-OH is 3. The van der Waals surface area contributed by atoms with Crippen molar-refractivity contribution in [3.63, 3.8) is 0 Å². The van der Waals surface area contributed by atoms with Gasteiger partial charge in [-0.3, -0.25) is 0 Å². The number of hydrogen-bond donors (Lipinski definition) is 5. The van der Waals surface area contributed by atoms with Crippen LogP contribution >= 0.6 is 90.4 Å². The molecule has 194 valence electrons. The molecule has 0 radical (unpaired) electrons. The van der Waals surface area contributed by atoms with E-state index in [0.29, 0.717) is 48.0 Å². The van der Waals surface area contributed by atoms with Gasteiger partial charge in [0.25, 0.3) is 0 Å². The van der Waals surface area contributed by atoms with Crippen LogP contribution in [0.4, 0.5) is 0 Å². The Hall–Kier alpha value is 0.330. The SMILES string of the molecule is CC(O)CO.CO.O=C1OC2(c3ccccc31)c1cc(I)c(O)c(I)c1Oc1c2cc(I)c(O)c1I.[NaH]. The fourth-order valence-electron chi connectivity index (χ4n) is 3.77. The quantitative estimate of drug-likeness (QED) is 0.138. The summed E-state index contributed by atoms with van der Waals surface area (Å²) < 4.78 is 14.6. The number of esters is 1. The van der Waals surface area contributed by atoms with Gasteiger partial charge in [0.05, 0.1) is 43.7 Å². The van der Waals surface area contributed by atoms with Gasteiger partial charge in [-0.1, -0.05) is 18.2 Å². The molecule has 0 aliphatic carbocycles. The number of hydrogen-bond acceptors (Lipinski definition) is 8. The van der Waals surface area contributed by atoms with Gasteiger partial charge in [-0.2, -0.15) is 0 Å². The van der Waals surface area contributed by atoms with Crippen LogP contribution in [0.1, 0.15) is 34.0 Å². The summed E-state index contributed by atoms with van der Waals surface area (Å²) in [4.78, 5) is 12.9. The first kappa shape index (κ1) is 33.5. The van der Waals surface area contributed by atoms with Crippen molar-refractivity contribution in [1.82, 2.24) is 0 Å². The molecule has 1 atom stereocenters. The van der Waals surface area contributed by atoms with E-state index in [1.807, 2.05) is 57.3 Å². The van der Waals surface area contributed by atoms with Crippen molar-refractivity contribution in [1.29, 1.82) is 0 Å². The van der Waals surface area contributed by atoms with Crippen LogP contribution in [0.15, 0.2) is 36.4 Å². The number of aliphatic hydroxyl groups is 3. The molecular formula is C24H21I4NaO8. The standard InChI is InChI=1S/C20H8I4O5.C3H8O2.CH4O.Na.H/c21-11-5-9-17(13(23)15(11)25)28-18-10(6-12(22)16(26)14(18)24)20(9)8-4-2-1-3-7(8)19(27)29-20;1-3(5)2-4;1-2;;/h1-6,25-26H;3-5H,2H2,1H3;2H,1H3;;. The van der Waals surface area contributed by atoms with Crippen LogP contribution in [0.3, 0.4) is 0 Å². The van der Waals surface area contributed by atoms with Crippen LogP contribution in [0.2, 0.25) is 0 Å². The molecule has 0 fully saturated rings. The van der Waals surface area contributed by atoms with Crippen molar-refractivity contribution in [2.75, 3.05) is 13.7 Å².